The van der Waals surface area contributed by atoms with E-state index in [0.717, 1.165) is 33.5 Å². The van der Waals surface area contributed by atoms with Crippen molar-refractivity contribution in [3.8, 4) is 0 Å². The quantitative estimate of drug-likeness (QED) is 0.717. The van der Waals surface area contributed by atoms with Gasteiger partial charge in [-0.05, 0) is 36.4 Å². The Kier molecular flexibility index (Phi) is 6.91. The standard InChI is InChI=1S/C20H25FN4O4S/c1-23(2)30(27,28)25(19-6-4-3-5-18(19)21)15-20(26)22-16-7-9-17(10-8-16)24-11-13-29-14-12-24/h3-10H,11-15H2,1-2H3,(H,22,26). The van der Waals surface area contributed by atoms with Gasteiger partial charge in [0.15, 0.2) is 0 Å². The van der Waals surface area contributed by atoms with Gasteiger partial charge < -0.3 is 15.0 Å². The highest BCUT2D eigenvalue weighted by Crippen LogP contribution is 2.23. The van der Waals surface area contributed by atoms with Gasteiger partial charge in [-0.1, -0.05) is 12.1 Å². The summed E-state index contributed by atoms with van der Waals surface area (Å²) in [6.07, 6.45) is 0. The van der Waals surface area contributed by atoms with Gasteiger partial charge in [0, 0.05) is 38.6 Å². The molecule has 0 radical (unpaired) electrons. The normalized spacial score (nSPS) is 14.6. The van der Waals surface area contributed by atoms with Gasteiger partial charge in [0.05, 0.1) is 18.9 Å². The van der Waals surface area contributed by atoms with Crippen molar-refractivity contribution < 1.29 is 22.3 Å². The first-order valence-electron chi connectivity index (χ1n) is 9.46. The lowest BCUT2D eigenvalue weighted by molar-refractivity contribution is -0.114. The van der Waals surface area contributed by atoms with Gasteiger partial charge >= 0.3 is 10.2 Å². The number of ether oxygens (including phenoxy) is 1. The van der Waals surface area contributed by atoms with E-state index in [1.54, 1.807) is 12.1 Å². The molecule has 1 heterocycles. The minimum absolute atomic E-state index is 0.191. The molecule has 1 aliphatic rings. The molecule has 10 heteroatoms. The number of hydrogen-bond donors (Lipinski definition) is 1. The number of hydrogen-bond acceptors (Lipinski definition) is 5. The van der Waals surface area contributed by atoms with Crippen LogP contribution in [0, 0.1) is 5.82 Å². The third-order valence-corrected chi connectivity index (χ3v) is 6.48. The highest BCUT2D eigenvalue weighted by molar-refractivity contribution is 7.90. The molecule has 30 heavy (non-hydrogen) atoms. The Morgan fingerprint density at radius 1 is 1.10 bits per heavy atom. The summed E-state index contributed by atoms with van der Waals surface area (Å²) in [6.45, 7) is 2.37. The van der Waals surface area contributed by atoms with Gasteiger partial charge in [-0.3, -0.25) is 4.79 Å². The minimum atomic E-state index is -4.08. The topological polar surface area (TPSA) is 82.2 Å². The van der Waals surface area contributed by atoms with Crippen molar-refractivity contribution in [3.05, 3.63) is 54.3 Å². The van der Waals surface area contributed by atoms with Gasteiger partial charge in [-0.25, -0.2) is 8.70 Å². The number of para-hydroxylation sites is 1. The van der Waals surface area contributed by atoms with E-state index in [9.17, 15) is 17.6 Å². The van der Waals surface area contributed by atoms with Gasteiger partial charge in [0.2, 0.25) is 5.91 Å². The van der Waals surface area contributed by atoms with E-state index in [1.165, 1.54) is 32.3 Å². The van der Waals surface area contributed by atoms with Gasteiger partial charge in [0.25, 0.3) is 0 Å². The molecule has 1 fully saturated rings. The number of carbonyl (C=O) groups is 1. The monoisotopic (exact) mass is 436 g/mol. The largest absolute Gasteiger partial charge is 0.378 e. The predicted octanol–water partition coefficient (Wildman–Crippen LogP) is 1.91. The Labute approximate surface area is 176 Å². The number of nitrogens with zero attached hydrogens (tertiary/aromatic N) is 3. The molecule has 162 valence electrons. The lowest BCUT2D eigenvalue weighted by Crippen LogP contribution is -2.44. The van der Waals surface area contributed by atoms with Gasteiger partial charge in [-0.2, -0.15) is 12.7 Å². The number of amides is 1. The smallest absolute Gasteiger partial charge is 0.304 e. The fourth-order valence-corrected chi connectivity index (χ4v) is 4.12. The zero-order valence-electron chi connectivity index (χ0n) is 16.9. The van der Waals surface area contributed by atoms with Crippen molar-refractivity contribution in [2.45, 2.75) is 0 Å². The molecular formula is C20H25FN4O4S. The number of benzene rings is 2. The molecule has 1 aliphatic heterocycles. The van der Waals surface area contributed by atoms with Crippen molar-refractivity contribution in [1.82, 2.24) is 4.31 Å². The minimum Gasteiger partial charge on any atom is -0.378 e. The van der Waals surface area contributed by atoms with Crippen molar-refractivity contribution in [1.29, 1.82) is 0 Å². The maximum atomic E-state index is 14.3. The Bertz CT molecular complexity index is 977. The first-order valence-corrected chi connectivity index (χ1v) is 10.9. The Morgan fingerprint density at radius 3 is 2.33 bits per heavy atom. The third kappa shape index (κ3) is 5.07. The lowest BCUT2D eigenvalue weighted by Gasteiger charge is -2.29. The summed E-state index contributed by atoms with van der Waals surface area (Å²) in [5.74, 6) is -1.31. The van der Waals surface area contributed by atoms with E-state index in [0.29, 0.717) is 18.9 Å². The summed E-state index contributed by atoms with van der Waals surface area (Å²) in [6, 6.07) is 12.7. The average molecular weight is 437 g/mol. The third-order valence-electron chi connectivity index (χ3n) is 4.68. The number of anilines is 3. The number of morpholine rings is 1. The Balaban J connectivity index is 1.74. The summed E-state index contributed by atoms with van der Waals surface area (Å²) in [7, 11) is -1.43. The zero-order chi connectivity index (χ0) is 21.7. The second-order valence-corrected chi connectivity index (χ2v) is 9.01. The first kappa shape index (κ1) is 22.0. The molecule has 2 aromatic carbocycles. The van der Waals surface area contributed by atoms with E-state index < -0.39 is 28.5 Å². The molecule has 0 unspecified atom stereocenters. The number of rotatable bonds is 7. The number of carbonyl (C=O) groups excluding carboxylic acids is 1. The van der Waals surface area contributed by atoms with Crippen LogP contribution in [-0.4, -0.2) is 65.6 Å². The van der Waals surface area contributed by atoms with Crippen molar-refractivity contribution in [3.63, 3.8) is 0 Å². The van der Waals surface area contributed by atoms with Crippen LogP contribution in [0.5, 0.6) is 0 Å². The van der Waals surface area contributed by atoms with Gasteiger partial charge in [-0.15, -0.1) is 0 Å². The summed E-state index contributed by atoms with van der Waals surface area (Å²) < 4.78 is 46.6. The van der Waals surface area contributed by atoms with E-state index in [1.807, 2.05) is 12.1 Å². The first-order chi connectivity index (χ1) is 14.3. The molecule has 0 spiro atoms. The van der Waals surface area contributed by atoms with E-state index in [2.05, 4.69) is 10.2 Å². The van der Waals surface area contributed by atoms with Crippen LogP contribution in [0.3, 0.4) is 0 Å². The summed E-state index contributed by atoms with van der Waals surface area (Å²) in [5, 5.41) is 2.67. The van der Waals surface area contributed by atoms with Crippen LogP contribution < -0.4 is 14.5 Å². The molecule has 0 atom stereocenters. The van der Waals surface area contributed by atoms with Crippen LogP contribution in [0.2, 0.25) is 0 Å². The Morgan fingerprint density at radius 2 is 1.73 bits per heavy atom. The maximum absolute atomic E-state index is 14.3. The molecule has 1 saturated heterocycles. The summed E-state index contributed by atoms with van der Waals surface area (Å²) >= 11 is 0. The van der Waals surface area contributed by atoms with Crippen molar-refractivity contribution in [2.24, 2.45) is 0 Å². The van der Waals surface area contributed by atoms with Crippen LogP contribution in [0.15, 0.2) is 48.5 Å². The molecular weight excluding hydrogens is 411 g/mol. The van der Waals surface area contributed by atoms with Gasteiger partial charge in [0.1, 0.15) is 12.4 Å². The zero-order valence-corrected chi connectivity index (χ0v) is 17.7. The van der Waals surface area contributed by atoms with Crippen LogP contribution in [0.4, 0.5) is 21.5 Å². The average Bonchev–Trinajstić information content (AvgIpc) is 2.73. The molecule has 1 N–H and O–H groups in total. The van der Waals surface area contributed by atoms with E-state index >= 15 is 0 Å². The number of halogens is 1. The second kappa shape index (κ2) is 9.41. The highest BCUT2D eigenvalue weighted by Gasteiger charge is 2.29. The predicted molar refractivity (Wildman–Crippen MR) is 114 cm³/mol. The highest BCUT2D eigenvalue weighted by atomic mass is 32.2. The fraction of sp³-hybridized carbons (Fsp3) is 0.350. The van der Waals surface area contributed by atoms with Crippen LogP contribution in [-0.2, 0) is 19.7 Å². The van der Waals surface area contributed by atoms with Crippen LogP contribution in [0.1, 0.15) is 0 Å². The summed E-state index contributed by atoms with van der Waals surface area (Å²) in [5.41, 5.74) is 1.34. The van der Waals surface area contributed by atoms with Crippen LogP contribution >= 0.6 is 0 Å². The summed E-state index contributed by atoms with van der Waals surface area (Å²) in [4.78, 5) is 14.8. The molecule has 0 aromatic heterocycles. The fourth-order valence-electron chi connectivity index (χ4n) is 3.05. The van der Waals surface area contributed by atoms with Crippen molar-refractivity contribution in [2.75, 3.05) is 61.5 Å². The number of nitrogens with one attached hydrogen (secondary N) is 1. The molecule has 2 aromatic rings. The van der Waals surface area contributed by atoms with Crippen LogP contribution in [0.25, 0.3) is 0 Å². The SMILES string of the molecule is CN(C)S(=O)(=O)N(CC(=O)Nc1ccc(N2CCOCC2)cc1)c1ccccc1F. The molecule has 3 rings (SSSR count). The maximum Gasteiger partial charge on any atom is 0.304 e. The lowest BCUT2D eigenvalue weighted by atomic mass is 10.2. The molecule has 8 nitrogen and oxygen atoms in total. The molecule has 1 amide bonds. The Hall–Kier alpha value is -2.69. The molecule has 0 aliphatic carbocycles. The second-order valence-electron chi connectivity index (χ2n) is 6.94. The molecule has 0 saturated carbocycles. The molecule has 0 bridgehead atoms. The van der Waals surface area contributed by atoms with Crippen molar-refractivity contribution >= 4 is 33.2 Å². The van der Waals surface area contributed by atoms with E-state index in [-0.39, 0.29) is 5.69 Å². The van der Waals surface area contributed by atoms with E-state index in [4.69, 9.17) is 4.74 Å².